The van der Waals surface area contributed by atoms with Gasteiger partial charge in [-0.15, -0.1) is 11.3 Å². The molecule has 0 aliphatic carbocycles. The van der Waals surface area contributed by atoms with Crippen molar-refractivity contribution in [2.45, 2.75) is 40.3 Å². The molecule has 0 atom stereocenters. The van der Waals surface area contributed by atoms with E-state index in [0.717, 1.165) is 80.1 Å². The number of carbonyl (C=O) groups excluding carboxylic acids is 1. The van der Waals surface area contributed by atoms with E-state index in [9.17, 15) is 4.79 Å². The van der Waals surface area contributed by atoms with Crippen molar-refractivity contribution >= 4 is 28.1 Å². The zero-order valence-corrected chi connectivity index (χ0v) is 21.0. The van der Waals surface area contributed by atoms with E-state index in [2.05, 4.69) is 53.3 Å². The van der Waals surface area contributed by atoms with Crippen LogP contribution in [0.5, 0.6) is 5.75 Å². The van der Waals surface area contributed by atoms with Crippen LogP contribution >= 0.6 is 11.3 Å². The van der Waals surface area contributed by atoms with Gasteiger partial charge in [-0.3, -0.25) is 19.5 Å². The lowest BCUT2D eigenvalue weighted by Crippen LogP contribution is -2.45. The van der Waals surface area contributed by atoms with Gasteiger partial charge in [0.25, 0.3) is 0 Å². The molecule has 2 aliphatic rings. The van der Waals surface area contributed by atoms with Gasteiger partial charge in [0.05, 0.1) is 18.0 Å². The van der Waals surface area contributed by atoms with Crippen molar-refractivity contribution in [2.75, 3.05) is 37.7 Å². The summed E-state index contributed by atoms with van der Waals surface area (Å²) < 4.78 is 5.63. The van der Waals surface area contributed by atoms with Crippen LogP contribution in [0.2, 0.25) is 0 Å². The molecule has 2 aliphatic heterocycles. The smallest absolute Gasteiger partial charge is 0.230 e. The van der Waals surface area contributed by atoms with E-state index in [0.29, 0.717) is 0 Å². The topological polar surface area (TPSA) is 48.9 Å². The van der Waals surface area contributed by atoms with Crippen molar-refractivity contribution in [1.82, 2.24) is 14.8 Å². The van der Waals surface area contributed by atoms with Crippen LogP contribution in [0.15, 0.2) is 41.8 Å². The fourth-order valence-corrected chi connectivity index (χ4v) is 5.66. The molecule has 178 valence electrons. The van der Waals surface area contributed by atoms with Crippen LogP contribution < -0.4 is 9.64 Å². The molecule has 0 radical (unpaired) electrons. The molecule has 2 aromatic carbocycles. The first-order chi connectivity index (χ1) is 16.5. The highest BCUT2D eigenvalue weighted by atomic mass is 32.1. The molecular formula is C27H32N4O2S. The van der Waals surface area contributed by atoms with Gasteiger partial charge in [0, 0.05) is 58.0 Å². The highest BCUT2D eigenvalue weighted by Crippen LogP contribution is 2.33. The highest BCUT2D eigenvalue weighted by molar-refractivity contribution is 7.14. The fraction of sp³-hybridized carbons (Fsp3) is 0.407. The zero-order chi connectivity index (χ0) is 23.7. The van der Waals surface area contributed by atoms with Crippen LogP contribution in [0.4, 0.5) is 10.8 Å². The molecule has 0 spiro atoms. The summed E-state index contributed by atoms with van der Waals surface area (Å²) in [5.74, 6) is 1.04. The van der Waals surface area contributed by atoms with E-state index in [1.807, 2.05) is 12.1 Å². The summed E-state index contributed by atoms with van der Waals surface area (Å²) in [6.45, 7) is 12.5. The lowest BCUT2D eigenvalue weighted by atomic mass is 10.1. The van der Waals surface area contributed by atoms with Crippen molar-refractivity contribution in [3.05, 3.63) is 69.7 Å². The number of carbonyl (C=O) groups is 1. The first kappa shape index (κ1) is 23.0. The number of benzene rings is 2. The van der Waals surface area contributed by atoms with Gasteiger partial charge in [-0.1, -0.05) is 24.3 Å². The number of piperazine rings is 1. The molecule has 0 bridgehead atoms. The maximum atomic E-state index is 12.5. The second kappa shape index (κ2) is 9.86. The first-order valence-corrected chi connectivity index (χ1v) is 12.9. The standard InChI is InChI=1S/C27H32N4O2S/c1-19-5-4-6-25(20(19)2)31(21(3)32)27-28-24(18-34-27)17-30-12-10-29(11-13-30)16-22-7-8-26-23(15-22)9-14-33-26/h4-8,15,18H,9-14,16-17H2,1-3H3. The number of nitrogens with zero attached hydrogens (tertiary/aromatic N) is 4. The van der Waals surface area contributed by atoms with Crippen LogP contribution in [0.1, 0.15) is 34.9 Å². The Morgan fingerprint density at radius 2 is 1.85 bits per heavy atom. The Morgan fingerprint density at radius 3 is 2.62 bits per heavy atom. The van der Waals surface area contributed by atoms with Crippen molar-refractivity contribution < 1.29 is 9.53 Å². The number of fused-ring (bicyclic) bond motifs is 1. The Kier molecular flexibility index (Phi) is 6.68. The summed E-state index contributed by atoms with van der Waals surface area (Å²) in [4.78, 5) is 24.1. The molecule has 3 heterocycles. The van der Waals surface area contributed by atoms with Gasteiger partial charge in [-0.25, -0.2) is 4.98 Å². The van der Waals surface area contributed by atoms with Gasteiger partial charge in [-0.2, -0.15) is 0 Å². The molecular weight excluding hydrogens is 444 g/mol. The van der Waals surface area contributed by atoms with Gasteiger partial charge in [0.15, 0.2) is 5.13 Å². The summed E-state index contributed by atoms with van der Waals surface area (Å²) >= 11 is 1.54. The van der Waals surface area contributed by atoms with Crippen LogP contribution in [-0.4, -0.2) is 53.5 Å². The SMILES string of the molecule is CC(=O)N(c1nc(CN2CCN(Cc3ccc4c(c3)CCO4)CC2)cs1)c1cccc(C)c1C. The van der Waals surface area contributed by atoms with Crippen molar-refractivity contribution in [3.63, 3.8) is 0 Å². The summed E-state index contributed by atoms with van der Waals surface area (Å²) in [5.41, 5.74) is 6.95. The highest BCUT2D eigenvalue weighted by Gasteiger charge is 2.22. The molecule has 34 heavy (non-hydrogen) atoms. The minimum absolute atomic E-state index is 0.0127. The third kappa shape index (κ3) is 4.87. The minimum atomic E-state index is -0.0127. The molecule has 3 aromatic rings. The van der Waals surface area contributed by atoms with E-state index in [4.69, 9.17) is 9.72 Å². The second-order valence-electron chi connectivity index (χ2n) is 9.29. The molecule has 0 unspecified atom stereocenters. The van der Waals surface area contributed by atoms with Gasteiger partial charge < -0.3 is 4.74 Å². The lowest BCUT2D eigenvalue weighted by molar-refractivity contribution is -0.115. The number of hydrogen-bond acceptors (Lipinski definition) is 6. The monoisotopic (exact) mass is 476 g/mol. The molecule has 0 N–H and O–H groups in total. The molecule has 1 saturated heterocycles. The third-order valence-corrected chi connectivity index (χ3v) is 7.75. The van der Waals surface area contributed by atoms with Crippen LogP contribution in [0.25, 0.3) is 0 Å². The number of ether oxygens (including phenoxy) is 1. The average Bonchev–Trinajstić information content (AvgIpc) is 3.47. The van der Waals surface area contributed by atoms with Crippen molar-refractivity contribution in [1.29, 1.82) is 0 Å². The number of aryl methyl sites for hydroxylation is 1. The number of thiazole rings is 1. The maximum absolute atomic E-state index is 12.5. The van der Waals surface area contributed by atoms with Gasteiger partial charge in [0.1, 0.15) is 5.75 Å². The summed E-state index contributed by atoms with van der Waals surface area (Å²) in [7, 11) is 0. The zero-order valence-electron chi connectivity index (χ0n) is 20.2. The number of amides is 1. The van der Waals surface area contributed by atoms with E-state index < -0.39 is 0 Å². The Morgan fingerprint density at radius 1 is 1.09 bits per heavy atom. The Balaban J connectivity index is 1.19. The summed E-state index contributed by atoms with van der Waals surface area (Å²) in [5, 5.41) is 2.84. The van der Waals surface area contributed by atoms with Gasteiger partial charge >= 0.3 is 0 Å². The predicted octanol–water partition coefficient (Wildman–Crippen LogP) is 4.70. The maximum Gasteiger partial charge on any atom is 0.230 e. The first-order valence-electron chi connectivity index (χ1n) is 12.0. The van der Waals surface area contributed by atoms with Crippen LogP contribution in [0, 0.1) is 13.8 Å². The second-order valence-corrected chi connectivity index (χ2v) is 10.1. The molecule has 0 saturated carbocycles. The third-order valence-electron chi connectivity index (χ3n) is 6.87. The molecule has 1 amide bonds. The Hall–Kier alpha value is -2.74. The van der Waals surface area contributed by atoms with E-state index in [1.165, 1.54) is 16.7 Å². The van der Waals surface area contributed by atoms with Gasteiger partial charge in [0.2, 0.25) is 5.91 Å². The van der Waals surface area contributed by atoms with E-state index >= 15 is 0 Å². The minimum Gasteiger partial charge on any atom is -0.493 e. The Bertz CT molecular complexity index is 1180. The van der Waals surface area contributed by atoms with E-state index in [1.54, 1.807) is 23.2 Å². The molecule has 7 heteroatoms. The summed E-state index contributed by atoms with van der Waals surface area (Å²) in [6, 6.07) is 12.7. The average molecular weight is 477 g/mol. The Labute approximate surface area is 205 Å². The van der Waals surface area contributed by atoms with Gasteiger partial charge in [-0.05, 0) is 48.2 Å². The van der Waals surface area contributed by atoms with Crippen molar-refractivity contribution in [3.8, 4) is 5.75 Å². The lowest BCUT2D eigenvalue weighted by Gasteiger charge is -2.34. The number of anilines is 2. The van der Waals surface area contributed by atoms with Crippen LogP contribution in [-0.2, 0) is 24.3 Å². The molecule has 1 fully saturated rings. The van der Waals surface area contributed by atoms with Crippen LogP contribution in [0.3, 0.4) is 0 Å². The van der Waals surface area contributed by atoms with Crippen molar-refractivity contribution in [2.24, 2.45) is 0 Å². The number of rotatable bonds is 6. The quantitative estimate of drug-likeness (QED) is 0.516. The normalized spacial score (nSPS) is 16.3. The molecule has 5 rings (SSSR count). The molecule has 6 nitrogen and oxygen atoms in total. The number of aromatic nitrogens is 1. The predicted molar refractivity (Wildman–Crippen MR) is 137 cm³/mol. The fourth-order valence-electron chi connectivity index (χ4n) is 4.79. The molecule has 1 aromatic heterocycles. The summed E-state index contributed by atoms with van der Waals surface area (Å²) in [6.07, 6.45) is 1.02. The van der Waals surface area contributed by atoms with E-state index in [-0.39, 0.29) is 5.91 Å². The number of hydrogen-bond donors (Lipinski definition) is 0. The largest absolute Gasteiger partial charge is 0.493 e.